The van der Waals surface area contributed by atoms with Crippen LogP contribution in [0.2, 0.25) is 5.02 Å². The molecule has 2 N–H and O–H groups in total. The topological polar surface area (TPSA) is 102 Å². The molecule has 2 heterocycles. The number of alkyl halides is 3. The largest absolute Gasteiger partial charge is 0.424 e. The molecule has 2 aromatic carbocycles. The van der Waals surface area contributed by atoms with E-state index < -0.39 is 37.7 Å². The van der Waals surface area contributed by atoms with Gasteiger partial charge in [0, 0.05) is 24.3 Å². The summed E-state index contributed by atoms with van der Waals surface area (Å²) in [6, 6.07) is 8.67. The van der Waals surface area contributed by atoms with Crippen molar-refractivity contribution in [1.82, 2.24) is 24.5 Å². The van der Waals surface area contributed by atoms with Crippen LogP contribution in [0.25, 0.3) is 10.9 Å². The van der Waals surface area contributed by atoms with E-state index in [-0.39, 0.29) is 11.8 Å². The zero-order valence-corrected chi connectivity index (χ0v) is 19.5. The van der Waals surface area contributed by atoms with E-state index >= 15 is 0 Å². The third kappa shape index (κ3) is 4.74. The first-order valence-electron chi connectivity index (χ1n) is 10.1. The number of hydrogen-bond acceptors (Lipinski definition) is 5. The molecule has 0 unspecified atom stereocenters. The zero-order valence-electron chi connectivity index (χ0n) is 17.9. The number of nitrogens with zero attached hydrogens (tertiary/aromatic N) is 3. The minimum absolute atomic E-state index is 0.155. The van der Waals surface area contributed by atoms with E-state index in [1.165, 1.54) is 6.92 Å². The Bertz CT molecular complexity index is 1450. The summed E-state index contributed by atoms with van der Waals surface area (Å²) in [6.07, 6.45) is -2.84. The number of aromatic nitrogens is 4. The summed E-state index contributed by atoms with van der Waals surface area (Å²) in [5.74, 6) is 0.762. The van der Waals surface area contributed by atoms with E-state index in [0.29, 0.717) is 24.4 Å². The molecule has 0 aliphatic rings. The number of hydrogen-bond donors (Lipinski definition) is 2. The number of halogens is 4. The quantitative estimate of drug-likeness (QED) is 0.350. The number of H-pyrrole nitrogens is 1. The summed E-state index contributed by atoms with van der Waals surface area (Å²) < 4.78 is 74.1. The SMILES string of the molecule is CCn1c(Oc2ccc3cc[nH]c3c2)nnc1[C@@H](C)NS(=O)(=O)c1ccc(C(F)(F)F)cc1Cl. The van der Waals surface area contributed by atoms with Crippen LogP contribution in [0.4, 0.5) is 13.2 Å². The summed E-state index contributed by atoms with van der Waals surface area (Å²) >= 11 is 5.86. The van der Waals surface area contributed by atoms with Crippen molar-refractivity contribution in [2.24, 2.45) is 0 Å². The molecule has 0 saturated carbocycles. The van der Waals surface area contributed by atoms with Gasteiger partial charge >= 0.3 is 12.2 Å². The average Bonchev–Trinajstić information content (AvgIpc) is 3.38. The molecular formula is C21H19ClF3N5O3S. The van der Waals surface area contributed by atoms with E-state index in [9.17, 15) is 21.6 Å². The molecule has 0 saturated heterocycles. The van der Waals surface area contributed by atoms with E-state index in [4.69, 9.17) is 16.3 Å². The molecule has 4 aromatic rings. The monoisotopic (exact) mass is 513 g/mol. The molecule has 0 radical (unpaired) electrons. The maximum atomic E-state index is 12.9. The van der Waals surface area contributed by atoms with Crippen LogP contribution in [0, 0.1) is 0 Å². The molecule has 0 aliphatic heterocycles. The number of ether oxygens (including phenoxy) is 1. The lowest BCUT2D eigenvalue weighted by Gasteiger charge is -2.16. The van der Waals surface area contributed by atoms with Crippen molar-refractivity contribution < 1.29 is 26.3 Å². The first-order valence-corrected chi connectivity index (χ1v) is 11.9. The number of nitrogens with one attached hydrogen (secondary N) is 2. The second-order valence-electron chi connectivity index (χ2n) is 7.40. The van der Waals surface area contributed by atoms with Crippen molar-refractivity contribution in [3.8, 4) is 11.8 Å². The minimum atomic E-state index is -4.65. The van der Waals surface area contributed by atoms with E-state index in [2.05, 4.69) is 19.9 Å². The molecule has 34 heavy (non-hydrogen) atoms. The maximum Gasteiger partial charge on any atom is 0.416 e. The third-order valence-electron chi connectivity index (χ3n) is 5.07. The van der Waals surface area contributed by atoms with Gasteiger partial charge in [-0.3, -0.25) is 4.57 Å². The minimum Gasteiger partial charge on any atom is -0.424 e. The number of rotatable bonds is 7. The fourth-order valence-corrected chi connectivity index (χ4v) is 5.18. The van der Waals surface area contributed by atoms with Crippen LogP contribution in [-0.4, -0.2) is 28.2 Å². The predicted molar refractivity (Wildman–Crippen MR) is 119 cm³/mol. The van der Waals surface area contributed by atoms with Gasteiger partial charge in [0.15, 0.2) is 5.82 Å². The molecule has 1 atom stereocenters. The maximum absolute atomic E-state index is 12.9. The Labute approximate surface area is 197 Å². The average molecular weight is 514 g/mol. The fraction of sp³-hybridized carbons (Fsp3) is 0.238. The van der Waals surface area contributed by atoms with Gasteiger partial charge in [0.2, 0.25) is 10.0 Å². The van der Waals surface area contributed by atoms with E-state index in [1.54, 1.807) is 22.9 Å². The van der Waals surface area contributed by atoms with Crippen LogP contribution in [0.3, 0.4) is 0 Å². The highest BCUT2D eigenvalue weighted by Crippen LogP contribution is 2.34. The normalized spacial score (nSPS) is 13.4. The lowest BCUT2D eigenvalue weighted by molar-refractivity contribution is -0.137. The van der Waals surface area contributed by atoms with Crippen LogP contribution in [0.15, 0.2) is 53.6 Å². The summed E-state index contributed by atoms with van der Waals surface area (Å²) in [5, 5.41) is 8.54. The van der Waals surface area contributed by atoms with Crippen molar-refractivity contribution in [3.05, 3.63) is 65.1 Å². The van der Waals surface area contributed by atoms with Crippen LogP contribution in [0.5, 0.6) is 11.8 Å². The Hall–Kier alpha value is -3.09. The third-order valence-corrected chi connectivity index (χ3v) is 7.09. The highest BCUT2D eigenvalue weighted by atomic mass is 35.5. The molecule has 0 fully saturated rings. The number of benzene rings is 2. The number of aromatic amines is 1. The van der Waals surface area contributed by atoms with Gasteiger partial charge in [-0.1, -0.05) is 16.7 Å². The van der Waals surface area contributed by atoms with Gasteiger partial charge < -0.3 is 9.72 Å². The van der Waals surface area contributed by atoms with Gasteiger partial charge in [-0.2, -0.15) is 13.2 Å². The molecule has 0 bridgehead atoms. The summed E-state index contributed by atoms with van der Waals surface area (Å²) in [4.78, 5) is 2.60. The van der Waals surface area contributed by atoms with Crippen LogP contribution >= 0.6 is 11.6 Å². The first kappa shape index (κ1) is 24.0. The first-order chi connectivity index (χ1) is 16.0. The van der Waals surface area contributed by atoms with Crippen LogP contribution in [0.1, 0.15) is 31.3 Å². The van der Waals surface area contributed by atoms with Gasteiger partial charge in [0.25, 0.3) is 0 Å². The highest BCUT2D eigenvalue weighted by molar-refractivity contribution is 7.89. The number of sulfonamides is 1. The van der Waals surface area contributed by atoms with Gasteiger partial charge in [-0.15, -0.1) is 5.10 Å². The molecule has 8 nitrogen and oxygen atoms in total. The van der Waals surface area contributed by atoms with E-state index in [0.717, 1.165) is 17.0 Å². The van der Waals surface area contributed by atoms with Crippen molar-refractivity contribution in [2.45, 2.75) is 37.5 Å². The van der Waals surface area contributed by atoms with Crippen LogP contribution < -0.4 is 9.46 Å². The Kier molecular flexibility index (Phi) is 6.32. The summed E-state index contributed by atoms with van der Waals surface area (Å²) in [6.45, 7) is 3.71. The highest BCUT2D eigenvalue weighted by Gasteiger charge is 2.32. The van der Waals surface area contributed by atoms with Gasteiger partial charge in [-0.05, 0) is 55.6 Å². The lowest BCUT2D eigenvalue weighted by atomic mass is 10.2. The Balaban J connectivity index is 1.57. The van der Waals surface area contributed by atoms with Crippen molar-refractivity contribution >= 4 is 32.5 Å². The molecular weight excluding hydrogens is 495 g/mol. The molecule has 0 spiro atoms. The second-order valence-corrected chi connectivity index (χ2v) is 9.49. The van der Waals surface area contributed by atoms with Gasteiger partial charge in [-0.25, -0.2) is 13.1 Å². The summed E-state index contributed by atoms with van der Waals surface area (Å²) in [7, 11) is -4.27. The molecule has 13 heteroatoms. The second kappa shape index (κ2) is 8.93. The Morgan fingerprint density at radius 2 is 1.94 bits per heavy atom. The van der Waals surface area contributed by atoms with Crippen molar-refractivity contribution in [2.75, 3.05) is 0 Å². The van der Waals surface area contributed by atoms with Gasteiger partial charge in [0.1, 0.15) is 10.6 Å². The Morgan fingerprint density at radius 1 is 1.18 bits per heavy atom. The molecule has 4 rings (SSSR count). The zero-order chi connectivity index (χ0) is 24.7. The predicted octanol–water partition coefficient (Wildman–Crippen LogP) is 5.28. The molecule has 180 valence electrons. The smallest absolute Gasteiger partial charge is 0.416 e. The summed E-state index contributed by atoms with van der Waals surface area (Å²) in [5.41, 5.74) is -0.176. The number of fused-ring (bicyclic) bond motifs is 1. The van der Waals surface area contributed by atoms with E-state index in [1.807, 2.05) is 19.1 Å². The van der Waals surface area contributed by atoms with Crippen molar-refractivity contribution in [1.29, 1.82) is 0 Å². The van der Waals surface area contributed by atoms with Gasteiger partial charge in [0.05, 0.1) is 16.6 Å². The fourth-order valence-electron chi connectivity index (χ4n) is 3.43. The van der Waals surface area contributed by atoms with Crippen molar-refractivity contribution in [3.63, 3.8) is 0 Å². The molecule has 0 amide bonds. The standard InChI is InChI=1S/C21H19ClF3N5O3S/c1-3-30-19(27-28-20(30)33-15-6-4-13-8-9-26-17(13)11-15)12(2)29-34(31,32)18-7-5-14(10-16(18)22)21(23,24)25/h4-12,26,29H,3H2,1-2H3/t12-/m1/s1. The lowest BCUT2D eigenvalue weighted by Crippen LogP contribution is -2.29. The van der Waals surface area contributed by atoms with Crippen LogP contribution in [-0.2, 0) is 22.7 Å². The molecule has 2 aromatic heterocycles. The Morgan fingerprint density at radius 3 is 2.62 bits per heavy atom. The molecule has 0 aliphatic carbocycles.